The van der Waals surface area contributed by atoms with Crippen LogP contribution in [0.1, 0.15) is 48.6 Å². The second kappa shape index (κ2) is 6.53. The zero-order chi connectivity index (χ0) is 13.7. The van der Waals surface area contributed by atoms with Crippen LogP contribution < -0.4 is 0 Å². The van der Waals surface area contributed by atoms with Gasteiger partial charge in [0.25, 0.3) is 0 Å². The molecule has 0 aliphatic carbocycles. The number of rotatable bonds is 5. The molecule has 0 amide bonds. The van der Waals surface area contributed by atoms with E-state index in [0.29, 0.717) is 0 Å². The second-order valence-electron chi connectivity index (χ2n) is 4.58. The van der Waals surface area contributed by atoms with Gasteiger partial charge in [-0.15, -0.1) is 0 Å². The maximum absolute atomic E-state index is 10.2. The smallest absolute Gasteiger partial charge is 0.106 e. The van der Waals surface area contributed by atoms with Crippen LogP contribution in [0, 0.1) is 18.3 Å². The Bertz CT molecular complexity index is 423. The summed E-state index contributed by atoms with van der Waals surface area (Å²) in [6, 6.07) is 5.97. The number of nitriles is 1. The summed E-state index contributed by atoms with van der Waals surface area (Å²) in [5.74, 6) is 0. The van der Waals surface area contributed by atoms with E-state index in [-0.39, 0.29) is 6.42 Å². The van der Waals surface area contributed by atoms with Gasteiger partial charge in [-0.25, -0.2) is 0 Å². The van der Waals surface area contributed by atoms with Gasteiger partial charge in [0.1, 0.15) is 6.10 Å². The lowest BCUT2D eigenvalue weighted by Crippen LogP contribution is -2.20. The molecule has 18 heavy (non-hydrogen) atoms. The normalized spacial score (nSPS) is 14.0. The van der Waals surface area contributed by atoms with Gasteiger partial charge >= 0.3 is 0 Å². The molecule has 2 atom stereocenters. The molecule has 0 radical (unpaired) electrons. The molecule has 0 saturated carbocycles. The topological polar surface area (TPSA) is 64.2 Å². The van der Waals surface area contributed by atoms with Crippen LogP contribution in [0.25, 0.3) is 0 Å². The minimum absolute atomic E-state index is 0.0542. The van der Waals surface area contributed by atoms with Crippen molar-refractivity contribution < 1.29 is 10.2 Å². The predicted molar refractivity (Wildman–Crippen MR) is 71.1 cm³/mol. The first-order chi connectivity index (χ1) is 8.54. The molecule has 1 rings (SSSR count). The molecule has 1 aromatic carbocycles. The van der Waals surface area contributed by atoms with Crippen LogP contribution in [0.4, 0.5) is 0 Å². The summed E-state index contributed by atoms with van der Waals surface area (Å²) in [6.07, 6.45) is -0.439. The monoisotopic (exact) mass is 247 g/mol. The van der Waals surface area contributed by atoms with Crippen LogP contribution >= 0.6 is 0 Å². The Balaban J connectivity index is 3.24. The molecule has 2 N–H and O–H groups in total. The molecule has 0 aliphatic rings. The van der Waals surface area contributed by atoms with Gasteiger partial charge in [-0.1, -0.05) is 31.5 Å². The summed E-state index contributed by atoms with van der Waals surface area (Å²) in [4.78, 5) is 0. The van der Waals surface area contributed by atoms with Crippen molar-refractivity contribution in [3.05, 3.63) is 34.4 Å². The predicted octanol–water partition coefficient (Wildman–Crippen LogP) is 2.43. The van der Waals surface area contributed by atoms with Crippen molar-refractivity contribution in [1.82, 2.24) is 0 Å². The number of hydrogen-bond donors (Lipinski definition) is 2. The summed E-state index contributed by atoms with van der Waals surface area (Å²) in [5.41, 5.74) is 4.07. The van der Waals surface area contributed by atoms with Gasteiger partial charge in [-0.2, -0.15) is 5.26 Å². The third-order valence-corrected chi connectivity index (χ3v) is 3.22. The van der Waals surface area contributed by atoms with E-state index in [1.54, 1.807) is 0 Å². The second-order valence-corrected chi connectivity index (χ2v) is 4.58. The lowest BCUT2D eigenvalue weighted by molar-refractivity contribution is 0.0206. The fraction of sp³-hybridized carbons (Fsp3) is 0.533. The Labute approximate surface area is 109 Å². The van der Waals surface area contributed by atoms with Crippen LogP contribution in [0.3, 0.4) is 0 Å². The molecule has 0 aromatic heterocycles. The largest absolute Gasteiger partial charge is 0.389 e. The zero-order valence-electron chi connectivity index (χ0n) is 11.3. The van der Waals surface area contributed by atoms with Gasteiger partial charge in [0.15, 0.2) is 0 Å². The van der Waals surface area contributed by atoms with Crippen molar-refractivity contribution in [3.63, 3.8) is 0 Å². The van der Waals surface area contributed by atoms with Crippen LogP contribution in [-0.4, -0.2) is 16.3 Å². The summed E-state index contributed by atoms with van der Waals surface area (Å²) in [6.45, 7) is 6.09. The molecule has 0 aliphatic heterocycles. The fourth-order valence-corrected chi connectivity index (χ4v) is 2.32. The van der Waals surface area contributed by atoms with E-state index in [2.05, 4.69) is 0 Å². The Morgan fingerprint density at radius 2 is 1.67 bits per heavy atom. The minimum Gasteiger partial charge on any atom is -0.389 e. The number of aliphatic hydroxyl groups is 2. The van der Waals surface area contributed by atoms with E-state index in [4.69, 9.17) is 5.26 Å². The van der Waals surface area contributed by atoms with Crippen molar-refractivity contribution in [2.75, 3.05) is 0 Å². The van der Waals surface area contributed by atoms with Crippen molar-refractivity contribution in [3.8, 4) is 6.07 Å². The summed E-state index contributed by atoms with van der Waals surface area (Å²) >= 11 is 0. The first-order valence-corrected chi connectivity index (χ1v) is 6.40. The highest BCUT2D eigenvalue weighted by atomic mass is 16.3. The average Bonchev–Trinajstić information content (AvgIpc) is 2.36. The van der Waals surface area contributed by atoms with Gasteiger partial charge in [-0.05, 0) is 36.5 Å². The number of aliphatic hydroxyl groups excluding tert-OH is 2. The molecule has 2 unspecified atom stereocenters. The maximum Gasteiger partial charge on any atom is 0.106 e. The Kier molecular flexibility index (Phi) is 5.33. The number of aryl methyl sites for hydroxylation is 3. The van der Waals surface area contributed by atoms with E-state index < -0.39 is 12.2 Å². The van der Waals surface area contributed by atoms with Gasteiger partial charge in [-0.3, -0.25) is 0 Å². The Hall–Kier alpha value is -1.37. The maximum atomic E-state index is 10.2. The minimum atomic E-state index is -1.02. The quantitative estimate of drug-likeness (QED) is 0.840. The third kappa shape index (κ3) is 3.10. The first-order valence-electron chi connectivity index (χ1n) is 6.40. The molecule has 3 heteroatoms. The number of nitrogens with zero attached hydrogens (tertiary/aromatic N) is 1. The molecule has 3 nitrogen and oxygen atoms in total. The Morgan fingerprint density at radius 3 is 2.06 bits per heavy atom. The van der Waals surface area contributed by atoms with E-state index in [0.717, 1.165) is 35.1 Å². The summed E-state index contributed by atoms with van der Waals surface area (Å²) in [7, 11) is 0. The van der Waals surface area contributed by atoms with E-state index >= 15 is 0 Å². The molecule has 0 spiro atoms. The SMILES string of the molecule is CCc1cc(C)cc(CC)c1C(O)C(O)CC#N. The molecule has 0 saturated heterocycles. The van der Waals surface area contributed by atoms with Gasteiger partial charge < -0.3 is 10.2 Å². The first kappa shape index (κ1) is 14.7. The average molecular weight is 247 g/mol. The van der Waals surface area contributed by atoms with Crippen molar-refractivity contribution in [1.29, 1.82) is 5.26 Å². The highest BCUT2D eigenvalue weighted by molar-refractivity contribution is 5.41. The van der Waals surface area contributed by atoms with E-state index in [1.165, 1.54) is 0 Å². The lowest BCUT2D eigenvalue weighted by Gasteiger charge is -2.22. The molecule has 98 valence electrons. The molecule has 0 bridgehead atoms. The van der Waals surface area contributed by atoms with Crippen molar-refractivity contribution in [2.24, 2.45) is 0 Å². The van der Waals surface area contributed by atoms with E-state index in [1.807, 2.05) is 39.0 Å². The van der Waals surface area contributed by atoms with Crippen LogP contribution in [0.5, 0.6) is 0 Å². The number of benzene rings is 1. The van der Waals surface area contributed by atoms with Crippen molar-refractivity contribution >= 4 is 0 Å². The summed E-state index contributed by atoms with van der Waals surface area (Å²) < 4.78 is 0. The van der Waals surface area contributed by atoms with Gasteiger partial charge in [0.2, 0.25) is 0 Å². The standard InChI is InChI=1S/C15H21NO2/c1-4-11-8-10(3)9-12(5-2)14(11)15(18)13(17)6-7-16/h8-9,13,15,17-18H,4-6H2,1-3H3. The highest BCUT2D eigenvalue weighted by Crippen LogP contribution is 2.28. The molecule has 0 fully saturated rings. The Morgan fingerprint density at radius 1 is 1.17 bits per heavy atom. The lowest BCUT2D eigenvalue weighted by atomic mass is 9.89. The zero-order valence-corrected chi connectivity index (χ0v) is 11.3. The third-order valence-electron chi connectivity index (χ3n) is 3.22. The fourth-order valence-electron chi connectivity index (χ4n) is 2.32. The van der Waals surface area contributed by atoms with Crippen LogP contribution in [0.15, 0.2) is 12.1 Å². The van der Waals surface area contributed by atoms with Crippen LogP contribution in [-0.2, 0) is 12.8 Å². The molecule has 1 aromatic rings. The van der Waals surface area contributed by atoms with Crippen LogP contribution in [0.2, 0.25) is 0 Å². The molecular weight excluding hydrogens is 226 g/mol. The van der Waals surface area contributed by atoms with E-state index in [9.17, 15) is 10.2 Å². The molecular formula is C15H21NO2. The van der Waals surface area contributed by atoms with Gasteiger partial charge in [0, 0.05) is 0 Å². The highest BCUT2D eigenvalue weighted by Gasteiger charge is 2.23. The van der Waals surface area contributed by atoms with Gasteiger partial charge in [0.05, 0.1) is 18.6 Å². The summed E-state index contributed by atoms with van der Waals surface area (Å²) in [5, 5.41) is 28.7. The molecule has 0 heterocycles. The number of hydrogen-bond acceptors (Lipinski definition) is 3. The van der Waals surface area contributed by atoms with Crippen molar-refractivity contribution in [2.45, 2.75) is 52.2 Å².